The lowest BCUT2D eigenvalue weighted by Crippen LogP contribution is -2.43. The molecular formula is C19H25N5O3. The highest BCUT2D eigenvalue weighted by Gasteiger charge is 2.87. The molecule has 8 heteroatoms. The van der Waals surface area contributed by atoms with Gasteiger partial charge < -0.3 is 24.0 Å². The van der Waals surface area contributed by atoms with E-state index in [0.29, 0.717) is 5.82 Å². The van der Waals surface area contributed by atoms with Crippen LogP contribution < -0.4 is 0 Å². The predicted octanol–water partition coefficient (Wildman–Crippen LogP) is 2.00. The third-order valence-corrected chi connectivity index (χ3v) is 6.29. The van der Waals surface area contributed by atoms with E-state index in [4.69, 9.17) is 9.47 Å². The summed E-state index contributed by atoms with van der Waals surface area (Å²) < 4.78 is 15.1. The maximum Gasteiger partial charge on any atom is 0.179 e. The summed E-state index contributed by atoms with van der Waals surface area (Å²) in [7, 11) is 3.84. The number of aromatic nitrogens is 3. The number of ether oxygens (including phenoxy) is 2. The number of rotatable bonds is 4. The Morgan fingerprint density at radius 1 is 1.30 bits per heavy atom. The van der Waals surface area contributed by atoms with Crippen molar-refractivity contribution in [1.82, 2.24) is 19.4 Å². The Morgan fingerprint density at radius 2 is 2.11 bits per heavy atom. The maximum atomic E-state index is 10.1. The molecule has 0 amide bonds. The van der Waals surface area contributed by atoms with Crippen LogP contribution in [0, 0.1) is 5.41 Å². The van der Waals surface area contributed by atoms with Crippen LogP contribution in [0.3, 0.4) is 0 Å². The summed E-state index contributed by atoms with van der Waals surface area (Å²) in [5.74, 6) is -0.0920. The van der Waals surface area contributed by atoms with Crippen molar-refractivity contribution < 1.29 is 14.6 Å². The van der Waals surface area contributed by atoms with Gasteiger partial charge in [-0.1, -0.05) is 0 Å². The SMILES string of the molecule is CN(C)/C=N/c1ncnc2c1ccn2[C@]12CC[C@@]3(CO)C[C@@]31OC(C)(C)O2. The highest BCUT2D eigenvalue weighted by atomic mass is 16.8. The van der Waals surface area contributed by atoms with Crippen LogP contribution in [0.2, 0.25) is 0 Å². The lowest BCUT2D eigenvalue weighted by Gasteiger charge is -2.32. The topological polar surface area (TPSA) is 85.0 Å². The average Bonchev–Trinajstić information content (AvgIpc) is 2.88. The fourth-order valence-electron chi connectivity index (χ4n) is 5.22. The van der Waals surface area contributed by atoms with E-state index in [2.05, 4.69) is 19.5 Å². The van der Waals surface area contributed by atoms with Crippen molar-refractivity contribution in [2.75, 3.05) is 20.7 Å². The summed E-state index contributed by atoms with van der Waals surface area (Å²) in [4.78, 5) is 15.2. The van der Waals surface area contributed by atoms with Gasteiger partial charge in [-0.3, -0.25) is 0 Å². The maximum absolute atomic E-state index is 10.1. The van der Waals surface area contributed by atoms with Gasteiger partial charge in [-0.2, -0.15) is 0 Å². The van der Waals surface area contributed by atoms with E-state index in [0.717, 1.165) is 30.3 Å². The Bertz CT molecular complexity index is 954. The van der Waals surface area contributed by atoms with E-state index < -0.39 is 17.1 Å². The van der Waals surface area contributed by atoms with Crippen molar-refractivity contribution >= 4 is 23.2 Å². The molecule has 3 heterocycles. The van der Waals surface area contributed by atoms with Crippen molar-refractivity contribution in [2.45, 2.75) is 50.2 Å². The molecule has 1 N–H and O–H groups in total. The Hall–Kier alpha value is -2.03. The van der Waals surface area contributed by atoms with E-state index in [1.54, 1.807) is 6.34 Å². The second-order valence-electron chi connectivity index (χ2n) is 8.66. The molecule has 0 radical (unpaired) electrons. The fourth-order valence-corrected chi connectivity index (χ4v) is 5.22. The van der Waals surface area contributed by atoms with Crippen molar-refractivity contribution in [2.24, 2.45) is 10.4 Å². The van der Waals surface area contributed by atoms with Crippen LogP contribution >= 0.6 is 0 Å². The summed E-state index contributed by atoms with van der Waals surface area (Å²) in [6, 6.07) is 1.98. The number of fused-ring (bicyclic) bond motifs is 1. The van der Waals surface area contributed by atoms with Crippen LogP contribution in [0.5, 0.6) is 0 Å². The minimum absolute atomic E-state index is 0.112. The molecule has 8 nitrogen and oxygen atoms in total. The lowest BCUT2D eigenvalue weighted by molar-refractivity contribution is -0.187. The molecule has 144 valence electrons. The number of hydrogen-bond acceptors (Lipinski definition) is 6. The number of aliphatic imine (C=N–C) groups is 1. The number of nitrogens with zero attached hydrogens (tertiary/aromatic N) is 5. The van der Waals surface area contributed by atoms with E-state index in [-0.39, 0.29) is 12.0 Å². The van der Waals surface area contributed by atoms with Crippen LogP contribution in [0.4, 0.5) is 5.82 Å². The molecule has 0 aromatic carbocycles. The van der Waals surface area contributed by atoms with Crippen molar-refractivity contribution in [3.05, 3.63) is 18.6 Å². The average molecular weight is 371 g/mol. The molecule has 3 aliphatic rings. The monoisotopic (exact) mass is 371 g/mol. The highest BCUT2D eigenvalue weighted by Crippen LogP contribution is 2.79. The van der Waals surface area contributed by atoms with Gasteiger partial charge in [-0.25, -0.2) is 15.0 Å². The van der Waals surface area contributed by atoms with Gasteiger partial charge in [0.1, 0.15) is 17.6 Å². The lowest BCUT2D eigenvalue weighted by atomic mass is 10.0. The van der Waals surface area contributed by atoms with E-state index in [1.807, 2.05) is 45.1 Å². The third kappa shape index (κ3) is 2.00. The standard InChI is InChI=1S/C19H25N5O3/c1-16(2)26-18-9-17(18,10-25)6-7-19(18,27-16)24-8-5-13-14(22-12-23(3)4)20-11-21-15(13)24/h5,8,11-12,25H,6-7,9-10H2,1-4H3/b22-12+/t17-,18+,19-/m0/s1. The number of aliphatic hydroxyl groups excluding tert-OH is 1. The first-order valence-electron chi connectivity index (χ1n) is 9.33. The molecule has 0 unspecified atom stereocenters. The zero-order valence-corrected chi connectivity index (χ0v) is 16.1. The summed E-state index contributed by atoms with van der Waals surface area (Å²) >= 11 is 0. The van der Waals surface area contributed by atoms with Gasteiger partial charge in [0, 0.05) is 25.7 Å². The molecule has 1 aliphatic heterocycles. The summed E-state index contributed by atoms with van der Waals surface area (Å²) in [5.41, 5.74) is -0.631. The van der Waals surface area contributed by atoms with Crippen molar-refractivity contribution in [3.8, 4) is 0 Å². The minimum atomic E-state index is -0.715. The first kappa shape index (κ1) is 17.1. The molecule has 3 atom stereocenters. The van der Waals surface area contributed by atoms with Gasteiger partial charge >= 0.3 is 0 Å². The van der Waals surface area contributed by atoms with Crippen molar-refractivity contribution in [3.63, 3.8) is 0 Å². The molecule has 2 aromatic rings. The molecule has 3 fully saturated rings. The zero-order chi connectivity index (χ0) is 19.1. The molecule has 2 aliphatic carbocycles. The van der Waals surface area contributed by atoms with Crippen molar-refractivity contribution in [1.29, 1.82) is 0 Å². The van der Waals surface area contributed by atoms with E-state index in [9.17, 15) is 5.11 Å². The Balaban J connectivity index is 1.67. The number of aliphatic hydroxyl groups is 1. The first-order chi connectivity index (χ1) is 12.8. The van der Waals surface area contributed by atoms with Crippen LogP contribution in [-0.4, -0.2) is 63.0 Å². The Labute approximate surface area is 157 Å². The molecule has 2 saturated carbocycles. The van der Waals surface area contributed by atoms with Gasteiger partial charge in [-0.15, -0.1) is 0 Å². The zero-order valence-electron chi connectivity index (χ0n) is 16.1. The first-order valence-corrected chi connectivity index (χ1v) is 9.33. The molecule has 5 rings (SSSR count). The molecule has 1 spiro atoms. The smallest absolute Gasteiger partial charge is 0.179 e. The molecular weight excluding hydrogens is 346 g/mol. The van der Waals surface area contributed by atoms with E-state index in [1.165, 1.54) is 6.33 Å². The Kier molecular flexibility index (Phi) is 3.21. The van der Waals surface area contributed by atoms with Crippen LogP contribution in [0.1, 0.15) is 33.1 Å². The summed E-state index contributed by atoms with van der Waals surface area (Å²) in [5, 5.41) is 10.9. The van der Waals surface area contributed by atoms with Gasteiger partial charge in [0.15, 0.2) is 17.3 Å². The van der Waals surface area contributed by atoms with E-state index >= 15 is 0 Å². The second kappa shape index (κ2) is 5.06. The summed E-state index contributed by atoms with van der Waals surface area (Å²) in [6.07, 6.45) is 7.71. The third-order valence-electron chi connectivity index (χ3n) is 6.29. The molecule has 27 heavy (non-hydrogen) atoms. The van der Waals surface area contributed by atoms with Gasteiger partial charge in [0.05, 0.1) is 18.3 Å². The normalized spacial score (nSPS) is 36.3. The fraction of sp³-hybridized carbons (Fsp3) is 0.632. The molecule has 0 bridgehead atoms. The van der Waals surface area contributed by atoms with Crippen LogP contribution in [0.15, 0.2) is 23.6 Å². The summed E-state index contributed by atoms with van der Waals surface area (Å²) in [6.45, 7) is 3.99. The second-order valence-corrected chi connectivity index (χ2v) is 8.66. The van der Waals surface area contributed by atoms with Gasteiger partial charge in [-0.05, 0) is 39.2 Å². The molecule has 2 aromatic heterocycles. The van der Waals surface area contributed by atoms with Crippen LogP contribution in [-0.2, 0) is 15.2 Å². The van der Waals surface area contributed by atoms with Crippen LogP contribution in [0.25, 0.3) is 11.0 Å². The highest BCUT2D eigenvalue weighted by molar-refractivity contribution is 5.87. The van der Waals surface area contributed by atoms with Gasteiger partial charge in [0.2, 0.25) is 0 Å². The molecule has 1 saturated heterocycles. The Morgan fingerprint density at radius 3 is 2.81 bits per heavy atom. The largest absolute Gasteiger partial charge is 0.396 e. The van der Waals surface area contributed by atoms with Gasteiger partial charge in [0.25, 0.3) is 0 Å². The number of hydrogen-bond donors (Lipinski definition) is 1. The quantitative estimate of drug-likeness (QED) is 0.654. The minimum Gasteiger partial charge on any atom is -0.396 e. The predicted molar refractivity (Wildman–Crippen MR) is 99.7 cm³/mol.